The molecule has 6 nitrogen and oxygen atoms in total. The van der Waals surface area contributed by atoms with Gasteiger partial charge in [0.25, 0.3) is 5.03 Å². The average molecular weight is 344 g/mol. The molecule has 0 atom stereocenters. The van der Waals surface area contributed by atoms with Crippen LogP contribution in [0.3, 0.4) is 0 Å². The van der Waals surface area contributed by atoms with Gasteiger partial charge in [0, 0.05) is 10.2 Å². The molecule has 1 amide bonds. The first kappa shape index (κ1) is 13.9. The first-order chi connectivity index (χ1) is 9.06. The minimum absolute atomic E-state index is 0.111. The fourth-order valence-electron chi connectivity index (χ4n) is 1.32. The monoisotopic (exact) mass is 343 g/mol. The van der Waals surface area contributed by atoms with Gasteiger partial charge in [-0.05, 0) is 36.0 Å². The van der Waals surface area contributed by atoms with Gasteiger partial charge in [-0.3, -0.25) is 4.79 Å². The smallest absolute Gasteiger partial charge is 0.291 e. The SMILES string of the molecule is C[n+]1noc([O-])c1SCC(=O)Nc1ccc(Br)cc1. The number of thioether (sulfide) groups is 1. The number of aromatic nitrogens is 2. The number of nitrogens with zero attached hydrogens (tertiary/aromatic N) is 2. The molecule has 1 heterocycles. The van der Waals surface area contributed by atoms with Crippen LogP contribution < -0.4 is 15.1 Å². The van der Waals surface area contributed by atoms with Crippen LogP contribution in [-0.4, -0.2) is 16.9 Å². The Morgan fingerprint density at radius 2 is 2.21 bits per heavy atom. The topological polar surface area (TPSA) is 82.1 Å². The van der Waals surface area contributed by atoms with Gasteiger partial charge >= 0.3 is 0 Å². The van der Waals surface area contributed by atoms with E-state index in [2.05, 4.69) is 31.0 Å². The molecule has 0 saturated carbocycles. The lowest BCUT2D eigenvalue weighted by molar-refractivity contribution is -0.772. The Morgan fingerprint density at radius 1 is 1.53 bits per heavy atom. The van der Waals surface area contributed by atoms with Crippen LogP contribution in [-0.2, 0) is 11.8 Å². The standard InChI is InChI=1S/C11H10BrN3O3S/c1-15-10(11(17)18-14-15)19-6-9(16)13-8-4-2-7(12)3-5-8/h2-5H,6H2,1H3,(H-,13,14,16,17). The van der Waals surface area contributed by atoms with Crippen molar-refractivity contribution in [2.75, 3.05) is 11.1 Å². The fourth-order valence-corrected chi connectivity index (χ4v) is 2.30. The van der Waals surface area contributed by atoms with E-state index in [-0.39, 0.29) is 11.7 Å². The molecule has 0 aliphatic rings. The quantitative estimate of drug-likeness (QED) is 0.663. The maximum Gasteiger partial charge on any atom is 0.291 e. The normalized spacial score (nSPS) is 10.4. The van der Waals surface area contributed by atoms with Crippen LogP contribution in [0, 0.1) is 0 Å². The van der Waals surface area contributed by atoms with Gasteiger partial charge in [0.1, 0.15) is 0 Å². The molecule has 1 aromatic heterocycles. The van der Waals surface area contributed by atoms with E-state index in [9.17, 15) is 9.90 Å². The molecule has 0 saturated heterocycles. The maximum absolute atomic E-state index is 11.7. The summed E-state index contributed by atoms with van der Waals surface area (Å²) in [6, 6.07) is 7.23. The molecule has 0 bridgehead atoms. The van der Waals surface area contributed by atoms with E-state index in [0.717, 1.165) is 16.2 Å². The molecule has 100 valence electrons. The van der Waals surface area contributed by atoms with Gasteiger partial charge in [-0.2, -0.15) is 0 Å². The van der Waals surface area contributed by atoms with Crippen LogP contribution in [0.1, 0.15) is 0 Å². The minimum Gasteiger partial charge on any atom is -0.538 e. The van der Waals surface area contributed by atoms with E-state index >= 15 is 0 Å². The number of aryl methyl sites for hydroxylation is 1. The first-order valence-electron chi connectivity index (χ1n) is 5.27. The van der Waals surface area contributed by atoms with Crippen LogP contribution in [0.5, 0.6) is 5.95 Å². The Balaban J connectivity index is 1.90. The highest BCUT2D eigenvalue weighted by molar-refractivity contribution is 9.10. The number of hydrogen-bond acceptors (Lipinski definition) is 5. The summed E-state index contributed by atoms with van der Waals surface area (Å²) in [6.45, 7) is 0. The van der Waals surface area contributed by atoms with Crippen molar-refractivity contribution in [3.63, 3.8) is 0 Å². The van der Waals surface area contributed by atoms with Gasteiger partial charge in [-0.15, -0.1) is 0 Å². The third-order valence-electron chi connectivity index (χ3n) is 2.18. The van der Waals surface area contributed by atoms with E-state index in [0.29, 0.717) is 10.7 Å². The van der Waals surface area contributed by atoms with Crippen LogP contribution in [0.25, 0.3) is 0 Å². The summed E-state index contributed by atoms with van der Waals surface area (Å²) in [5.74, 6) is -0.628. The summed E-state index contributed by atoms with van der Waals surface area (Å²) in [4.78, 5) is 11.7. The largest absolute Gasteiger partial charge is 0.538 e. The lowest BCUT2D eigenvalue weighted by atomic mass is 10.3. The highest BCUT2D eigenvalue weighted by Crippen LogP contribution is 2.21. The Morgan fingerprint density at radius 3 is 2.79 bits per heavy atom. The van der Waals surface area contributed by atoms with Crippen molar-refractivity contribution in [1.29, 1.82) is 0 Å². The second kappa shape index (κ2) is 6.07. The first-order valence-corrected chi connectivity index (χ1v) is 7.05. The predicted octanol–water partition coefficient (Wildman–Crippen LogP) is 1.07. The molecule has 0 spiro atoms. The van der Waals surface area contributed by atoms with Crippen molar-refractivity contribution in [1.82, 2.24) is 5.27 Å². The minimum atomic E-state index is -0.538. The zero-order chi connectivity index (χ0) is 13.8. The second-order valence-corrected chi connectivity index (χ2v) is 5.51. The summed E-state index contributed by atoms with van der Waals surface area (Å²) in [6.07, 6.45) is 0. The summed E-state index contributed by atoms with van der Waals surface area (Å²) < 4.78 is 6.70. The summed E-state index contributed by atoms with van der Waals surface area (Å²) in [7, 11) is 1.58. The molecule has 1 N–H and O–H groups in total. The fraction of sp³-hybridized carbons (Fsp3) is 0.182. The second-order valence-electron chi connectivity index (χ2n) is 3.63. The van der Waals surface area contributed by atoms with Crippen LogP contribution in [0.2, 0.25) is 0 Å². The number of rotatable bonds is 4. The highest BCUT2D eigenvalue weighted by atomic mass is 79.9. The van der Waals surface area contributed by atoms with Gasteiger partial charge in [0.05, 0.1) is 11.0 Å². The van der Waals surface area contributed by atoms with E-state index in [1.807, 2.05) is 12.1 Å². The zero-order valence-electron chi connectivity index (χ0n) is 9.92. The third-order valence-corrected chi connectivity index (χ3v) is 3.82. The van der Waals surface area contributed by atoms with E-state index in [1.54, 1.807) is 19.2 Å². The Bertz CT molecular complexity index is 566. The Hall–Kier alpha value is -1.54. The number of benzene rings is 1. The molecule has 2 rings (SSSR count). The number of nitrogens with one attached hydrogen (secondary N) is 1. The van der Waals surface area contributed by atoms with Crippen LogP contribution in [0.4, 0.5) is 5.69 Å². The predicted molar refractivity (Wildman–Crippen MR) is 70.6 cm³/mol. The zero-order valence-corrected chi connectivity index (χ0v) is 12.3. The van der Waals surface area contributed by atoms with Crippen molar-refractivity contribution in [2.45, 2.75) is 5.03 Å². The van der Waals surface area contributed by atoms with Crippen LogP contribution >= 0.6 is 27.7 Å². The van der Waals surface area contributed by atoms with Gasteiger partial charge in [-0.1, -0.05) is 20.6 Å². The highest BCUT2D eigenvalue weighted by Gasteiger charge is 2.15. The Labute approximate surface area is 121 Å². The Kier molecular flexibility index (Phi) is 4.43. The molecule has 2 aromatic rings. The molecular formula is C11H10BrN3O3S. The molecule has 1 aromatic carbocycles. The number of anilines is 1. The average Bonchev–Trinajstić information content (AvgIpc) is 2.70. The third kappa shape index (κ3) is 3.71. The van der Waals surface area contributed by atoms with E-state index in [1.165, 1.54) is 4.68 Å². The molecule has 19 heavy (non-hydrogen) atoms. The van der Waals surface area contributed by atoms with Crippen molar-refractivity contribution >= 4 is 39.3 Å². The molecule has 0 fully saturated rings. The lowest BCUT2D eigenvalue weighted by Crippen LogP contribution is -2.32. The van der Waals surface area contributed by atoms with Crippen molar-refractivity contribution in [2.24, 2.45) is 7.05 Å². The van der Waals surface area contributed by atoms with Crippen molar-refractivity contribution in [3.8, 4) is 5.95 Å². The van der Waals surface area contributed by atoms with E-state index < -0.39 is 5.95 Å². The van der Waals surface area contributed by atoms with Gasteiger partial charge < -0.3 is 14.9 Å². The molecule has 0 radical (unpaired) electrons. The number of halogens is 1. The molecule has 0 aliphatic carbocycles. The van der Waals surface area contributed by atoms with Crippen LogP contribution in [0.15, 0.2) is 38.3 Å². The van der Waals surface area contributed by atoms with Crippen molar-refractivity contribution in [3.05, 3.63) is 28.7 Å². The van der Waals surface area contributed by atoms with Gasteiger partial charge in [0.2, 0.25) is 5.91 Å². The molecular weight excluding hydrogens is 334 g/mol. The number of carbonyl (C=O) groups excluding carboxylic acids is 1. The lowest BCUT2D eigenvalue weighted by Gasteiger charge is -2.03. The molecule has 0 unspecified atom stereocenters. The molecule has 8 heteroatoms. The number of amides is 1. The summed E-state index contributed by atoms with van der Waals surface area (Å²) in [5, 5.41) is 17.7. The van der Waals surface area contributed by atoms with Gasteiger partial charge in [-0.25, -0.2) is 0 Å². The molecule has 0 aliphatic heterocycles. The maximum atomic E-state index is 11.7. The van der Waals surface area contributed by atoms with Crippen molar-refractivity contribution < 1.29 is 19.1 Å². The number of hydrogen-bond donors (Lipinski definition) is 1. The van der Waals surface area contributed by atoms with Gasteiger partial charge in [0.15, 0.2) is 13.0 Å². The number of carbonyl (C=O) groups is 1. The van der Waals surface area contributed by atoms with E-state index in [4.69, 9.17) is 0 Å². The summed E-state index contributed by atoms with van der Waals surface area (Å²) in [5.41, 5.74) is 0.700. The summed E-state index contributed by atoms with van der Waals surface area (Å²) >= 11 is 4.40.